The first kappa shape index (κ1) is 16.2. The number of benzene rings is 2. The number of nitro groups is 2. The molecule has 2 aromatic carbocycles. The van der Waals surface area contributed by atoms with Crippen molar-refractivity contribution in [3.05, 3.63) is 73.3 Å². The monoisotopic (exact) mass is 336 g/mol. The van der Waals surface area contributed by atoms with Gasteiger partial charge < -0.3 is 0 Å². The Morgan fingerprint density at radius 1 is 1.04 bits per heavy atom. The number of nitro benzene ring substituents is 2. The fourth-order valence-electron chi connectivity index (χ4n) is 1.73. The van der Waals surface area contributed by atoms with Crippen molar-refractivity contribution in [3.63, 3.8) is 0 Å². The lowest BCUT2D eigenvalue weighted by atomic mass is 10.2. The Hall–Kier alpha value is -3.20. The number of amides is 1. The molecule has 0 aromatic heterocycles. The van der Waals surface area contributed by atoms with Crippen LogP contribution in [0.1, 0.15) is 10.4 Å². The van der Waals surface area contributed by atoms with Gasteiger partial charge in [0, 0.05) is 6.07 Å². The zero-order valence-electron chi connectivity index (χ0n) is 11.4. The fraction of sp³-hybridized carbons (Fsp3) is 0. The first-order chi connectivity index (χ1) is 10.9. The van der Waals surface area contributed by atoms with Crippen LogP contribution in [-0.2, 0) is 0 Å². The topological polar surface area (TPSA) is 127 Å². The molecule has 0 heterocycles. The van der Waals surface area contributed by atoms with Crippen LogP contribution in [0.4, 0.5) is 17.1 Å². The molecule has 0 aliphatic carbocycles. The molecule has 118 valence electrons. The van der Waals surface area contributed by atoms with Crippen LogP contribution in [0, 0.1) is 20.2 Å². The SMILES string of the molecule is O=C(NNc1ccc([N+](=O)[O-])cc1[N+](=O)[O-])c1ccccc1Cl. The summed E-state index contributed by atoms with van der Waals surface area (Å²) in [4.78, 5) is 32.0. The number of carbonyl (C=O) groups excluding carboxylic acids is 1. The number of nitrogens with zero attached hydrogens (tertiary/aromatic N) is 2. The van der Waals surface area contributed by atoms with Gasteiger partial charge in [0.25, 0.3) is 11.6 Å². The highest BCUT2D eigenvalue weighted by molar-refractivity contribution is 6.33. The molecule has 0 saturated heterocycles. The number of hydrogen-bond donors (Lipinski definition) is 2. The van der Waals surface area contributed by atoms with E-state index >= 15 is 0 Å². The van der Waals surface area contributed by atoms with E-state index < -0.39 is 27.1 Å². The highest BCUT2D eigenvalue weighted by Crippen LogP contribution is 2.28. The Labute approximate surface area is 134 Å². The summed E-state index contributed by atoms with van der Waals surface area (Å²) in [5, 5.41) is 21.8. The summed E-state index contributed by atoms with van der Waals surface area (Å²) >= 11 is 5.87. The second-order valence-electron chi connectivity index (χ2n) is 4.27. The summed E-state index contributed by atoms with van der Waals surface area (Å²) in [5.74, 6) is -0.608. The van der Waals surface area contributed by atoms with Gasteiger partial charge in [-0.05, 0) is 18.2 Å². The molecule has 2 aromatic rings. The van der Waals surface area contributed by atoms with Gasteiger partial charge >= 0.3 is 5.69 Å². The van der Waals surface area contributed by atoms with Gasteiger partial charge in [0.15, 0.2) is 0 Å². The third kappa shape index (κ3) is 3.71. The zero-order chi connectivity index (χ0) is 17.0. The number of hydrazine groups is 1. The molecule has 1 amide bonds. The van der Waals surface area contributed by atoms with Crippen molar-refractivity contribution in [2.75, 3.05) is 5.43 Å². The predicted octanol–water partition coefficient (Wildman–Crippen LogP) is 2.91. The van der Waals surface area contributed by atoms with Gasteiger partial charge in [-0.15, -0.1) is 0 Å². The number of anilines is 1. The maximum absolute atomic E-state index is 12.0. The van der Waals surface area contributed by atoms with E-state index in [1.807, 2.05) is 0 Å². The van der Waals surface area contributed by atoms with Crippen molar-refractivity contribution in [1.82, 2.24) is 5.43 Å². The van der Waals surface area contributed by atoms with Gasteiger partial charge in [-0.25, -0.2) is 0 Å². The van der Waals surface area contributed by atoms with Gasteiger partial charge in [-0.3, -0.25) is 35.9 Å². The number of hydrogen-bond acceptors (Lipinski definition) is 6. The molecule has 2 rings (SSSR count). The highest BCUT2D eigenvalue weighted by Gasteiger charge is 2.20. The van der Waals surface area contributed by atoms with Crippen molar-refractivity contribution in [2.45, 2.75) is 0 Å². The van der Waals surface area contributed by atoms with E-state index in [2.05, 4.69) is 10.9 Å². The third-order valence-corrected chi connectivity index (χ3v) is 3.15. The van der Waals surface area contributed by atoms with E-state index in [0.717, 1.165) is 18.2 Å². The Morgan fingerprint density at radius 3 is 2.35 bits per heavy atom. The van der Waals surface area contributed by atoms with E-state index in [1.165, 1.54) is 12.1 Å². The molecular weight excluding hydrogens is 328 g/mol. The third-order valence-electron chi connectivity index (χ3n) is 2.82. The van der Waals surface area contributed by atoms with E-state index in [-0.39, 0.29) is 16.3 Å². The smallest absolute Gasteiger partial charge is 0.292 e. The van der Waals surface area contributed by atoms with Crippen molar-refractivity contribution in [2.24, 2.45) is 0 Å². The predicted molar refractivity (Wildman–Crippen MR) is 82.3 cm³/mol. The van der Waals surface area contributed by atoms with Gasteiger partial charge in [-0.1, -0.05) is 23.7 Å². The number of carbonyl (C=O) groups is 1. The molecular formula is C13H9ClN4O5. The fourth-order valence-corrected chi connectivity index (χ4v) is 1.95. The van der Waals surface area contributed by atoms with Crippen LogP contribution in [0.3, 0.4) is 0 Å². The molecule has 23 heavy (non-hydrogen) atoms. The molecule has 0 fully saturated rings. The molecule has 0 atom stereocenters. The lowest BCUT2D eigenvalue weighted by Gasteiger charge is -2.09. The molecule has 0 saturated carbocycles. The Bertz CT molecular complexity index is 796. The van der Waals surface area contributed by atoms with Crippen molar-refractivity contribution < 1.29 is 14.6 Å². The average Bonchev–Trinajstić information content (AvgIpc) is 2.52. The maximum atomic E-state index is 12.0. The summed E-state index contributed by atoms with van der Waals surface area (Å²) < 4.78 is 0. The molecule has 0 unspecified atom stereocenters. The standard InChI is InChI=1S/C13H9ClN4O5/c14-10-4-2-1-3-9(10)13(19)16-15-11-6-5-8(17(20)21)7-12(11)18(22)23/h1-7,15H,(H,16,19). The van der Waals surface area contributed by atoms with Gasteiger partial charge in [0.05, 0.1) is 26.5 Å². The summed E-state index contributed by atoms with van der Waals surface area (Å²) in [7, 11) is 0. The van der Waals surface area contributed by atoms with E-state index in [4.69, 9.17) is 11.6 Å². The van der Waals surface area contributed by atoms with Gasteiger partial charge in [0.1, 0.15) is 5.69 Å². The summed E-state index contributed by atoms with van der Waals surface area (Å²) in [6, 6.07) is 9.25. The quantitative estimate of drug-likeness (QED) is 0.638. The zero-order valence-corrected chi connectivity index (χ0v) is 12.1. The van der Waals surface area contributed by atoms with Crippen molar-refractivity contribution >= 4 is 34.6 Å². The van der Waals surface area contributed by atoms with Crippen LogP contribution in [0.25, 0.3) is 0 Å². The minimum absolute atomic E-state index is 0.0963. The lowest BCUT2D eigenvalue weighted by Crippen LogP contribution is -2.29. The Balaban J connectivity index is 2.20. The summed E-state index contributed by atoms with van der Waals surface area (Å²) in [6.45, 7) is 0. The number of halogens is 1. The Kier molecular flexibility index (Phi) is 4.72. The molecule has 0 bridgehead atoms. The van der Waals surface area contributed by atoms with Crippen LogP contribution >= 0.6 is 11.6 Å². The van der Waals surface area contributed by atoms with Crippen LogP contribution in [0.15, 0.2) is 42.5 Å². The van der Waals surface area contributed by atoms with E-state index in [1.54, 1.807) is 12.1 Å². The lowest BCUT2D eigenvalue weighted by molar-refractivity contribution is -0.393. The molecule has 2 N–H and O–H groups in total. The minimum Gasteiger partial charge on any atom is -0.292 e. The normalized spacial score (nSPS) is 9.96. The number of non-ortho nitro benzene ring substituents is 1. The molecule has 0 radical (unpaired) electrons. The molecule has 10 heteroatoms. The molecule has 0 aliphatic rings. The number of rotatable bonds is 5. The van der Waals surface area contributed by atoms with Gasteiger partial charge in [0.2, 0.25) is 0 Å². The van der Waals surface area contributed by atoms with Crippen molar-refractivity contribution in [1.29, 1.82) is 0 Å². The molecule has 9 nitrogen and oxygen atoms in total. The van der Waals surface area contributed by atoms with Crippen molar-refractivity contribution in [3.8, 4) is 0 Å². The average molecular weight is 337 g/mol. The van der Waals surface area contributed by atoms with Crippen LogP contribution in [-0.4, -0.2) is 15.8 Å². The second kappa shape index (κ2) is 6.71. The first-order valence-electron chi connectivity index (χ1n) is 6.14. The largest absolute Gasteiger partial charge is 0.300 e. The number of nitrogens with one attached hydrogen (secondary N) is 2. The first-order valence-corrected chi connectivity index (χ1v) is 6.51. The summed E-state index contributed by atoms with van der Waals surface area (Å²) in [6.07, 6.45) is 0. The van der Waals surface area contributed by atoms with E-state index in [0.29, 0.717) is 0 Å². The summed E-state index contributed by atoms with van der Waals surface area (Å²) in [5.41, 5.74) is 3.72. The van der Waals surface area contributed by atoms with Crippen LogP contribution in [0.5, 0.6) is 0 Å². The molecule has 0 spiro atoms. The second-order valence-corrected chi connectivity index (χ2v) is 4.68. The highest BCUT2D eigenvalue weighted by atomic mass is 35.5. The molecule has 0 aliphatic heterocycles. The van der Waals surface area contributed by atoms with Gasteiger partial charge in [-0.2, -0.15) is 0 Å². The van der Waals surface area contributed by atoms with E-state index in [9.17, 15) is 25.0 Å². The van der Waals surface area contributed by atoms with Crippen LogP contribution in [0.2, 0.25) is 5.02 Å². The minimum atomic E-state index is -0.795. The Morgan fingerprint density at radius 2 is 1.74 bits per heavy atom. The van der Waals surface area contributed by atoms with Crippen LogP contribution < -0.4 is 10.9 Å². The maximum Gasteiger partial charge on any atom is 0.300 e.